The first-order valence-electron chi connectivity index (χ1n) is 7.26. The summed E-state index contributed by atoms with van der Waals surface area (Å²) < 4.78 is 7.73. The molecule has 1 rings (SSSR count). The van der Waals surface area contributed by atoms with Gasteiger partial charge >= 0.3 is 0 Å². The van der Waals surface area contributed by atoms with Gasteiger partial charge in [0, 0.05) is 26.1 Å². The summed E-state index contributed by atoms with van der Waals surface area (Å²) in [5.74, 6) is 1.03. The van der Waals surface area contributed by atoms with E-state index in [0.717, 1.165) is 38.2 Å². The van der Waals surface area contributed by atoms with Gasteiger partial charge in [-0.2, -0.15) is 5.10 Å². The number of nitrogens with one attached hydrogen (secondary N) is 1. The molecule has 0 radical (unpaired) electrons. The first kappa shape index (κ1) is 16.1. The summed E-state index contributed by atoms with van der Waals surface area (Å²) in [6.07, 6.45) is 4.51. The van der Waals surface area contributed by atoms with E-state index in [1.165, 1.54) is 0 Å². The third-order valence-electron chi connectivity index (χ3n) is 3.87. The monoisotopic (exact) mass is 268 g/mol. The average molecular weight is 268 g/mol. The number of rotatable bonds is 9. The lowest BCUT2D eigenvalue weighted by Gasteiger charge is -2.36. The molecule has 0 aliphatic rings. The molecule has 110 valence electrons. The second-order valence-corrected chi connectivity index (χ2v) is 5.08. The van der Waals surface area contributed by atoms with E-state index in [0.29, 0.717) is 0 Å². The minimum atomic E-state index is -0.182. The van der Waals surface area contributed by atoms with Crippen LogP contribution in [0.2, 0.25) is 0 Å². The van der Waals surface area contributed by atoms with Gasteiger partial charge in [0.05, 0.1) is 5.60 Å². The van der Waals surface area contributed by atoms with Gasteiger partial charge in [0.15, 0.2) is 0 Å². The molecule has 0 saturated carbocycles. The second kappa shape index (κ2) is 7.60. The molecule has 0 bridgehead atoms. The van der Waals surface area contributed by atoms with Crippen LogP contribution in [0.3, 0.4) is 0 Å². The SMILES string of the molecule is CCCn1ncnc1CC(NCC)C(C)(CC)OC. The van der Waals surface area contributed by atoms with Crippen molar-refractivity contribution in [3.63, 3.8) is 0 Å². The molecular formula is C14H28N4O. The number of aromatic nitrogens is 3. The molecule has 0 aliphatic heterocycles. The number of likely N-dealkylation sites (N-methyl/N-ethyl adjacent to an activating group) is 1. The van der Waals surface area contributed by atoms with Crippen LogP contribution in [-0.2, 0) is 17.7 Å². The lowest BCUT2D eigenvalue weighted by molar-refractivity contribution is -0.0290. The van der Waals surface area contributed by atoms with Crippen LogP contribution in [0.15, 0.2) is 6.33 Å². The summed E-state index contributed by atoms with van der Waals surface area (Å²) >= 11 is 0. The molecule has 1 aromatic heterocycles. The largest absolute Gasteiger partial charge is 0.377 e. The molecule has 5 nitrogen and oxygen atoms in total. The van der Waals surface area contributed by atoms with Crippen LogP contribution in [0.5, 0.6) is 0 Å². The molecule has 2 unspecified atom stereocenters. The third-order valence-corrected chi connectivity index (χ3v) is 3.87. The molecular weight excluding hydrogens is 240 g/mol. The summed E-state index contributed by atoms with van der Waals surface area (Å²) in [4.78, 5) is 4.40. The zero-order valence-electron chi connectivity index (χ0n) is 12.9. The van der Waals surface area contributed by atoms with Crippen molar-refractivity contribution in [3.8, 4) is 0 Å². The summed E-state index contributed by atoms with van der Waals surface area (Å²) in [7, 11) is 1.78. The van der Waals surface area contributed by atoms with Crippen molar-refractivity contribution in [1.29, 1.82) is 0 Å². The first-order chi connectivity index (χ1) is 9.11. The van der Waals surface area contributed by atoms with Crippen molar-refractivity contribution < 1.29 is 4.74 Å². The maximum atomic E-state index is 5.73. The van der Waals surface area contributed by atoms with Gasteiger partial charge in [0.25, 0.3) is 0 Å². The van der Waals surface area contributed by atoms with Crippen molar-refractivity contribution in [2.75, 3.05) is 13.7 Å². The fourth-order valence-corrected chi connectivity index (χ4v) is 2.31. The highest BCUT2D eigenvalue weighted by Gasteiger charge is 2.33. The van der Waals surface area contributed by atoms with Gasteiger partial charge in [-0.1, -0.05) is 20.8 Å². The van der Waals surface area contributed by atoms with Gasteiger partial charge < -0.3 is 10.1 Å². The summed E-state index contributed by atoms with van der Waals surface area (Å²) in [6, 6.07) is 0.243. The fourth-order valence-electron chi connectivity index (χ4n) is 2.31. The molecule has 0 saturated heterocycles. The Morgan fingerprint density at radius 2 is 2.16 bits per heavy atom. The first-order valence-corrected chi connectivity index (χ1v) is 7.26. The van der Waals surface area contributed by atoms with E-state index in [1.807, 2.05) is 4.68 Å². The van der Waals surface area contributed by atoms with Crippen molar-refractivity contribution >= 4 is 0 Å². The van der Waals surface area contributed by atoms with Gasteiger partial charge in [0.2, 0.25) is 0 Å². The van der Waals surface area contributed by atoms with Gasteiger partial charge in [-0.3, -0.25) is 4.68 Å². The topological polar surface area (TPSA) is 52.0 Å². The minimum absolute atomic E-state index is 0.182. The van der Waals surface area contributed by atoms with Gasteiger partial charge in [-0.25, -0.2) is 4.98 Å². The molecule has 0 aromatic carbocycles. The van der Waals surface area contributed by atoms with Gasteiger partial charge in [-0.05, 0) is 26.3 Å². The maximum absolute atomic E-state index is 5.73. The standard InChI is InChI=1S/C14H28N4O/c1-6-9-18-13(16-11-17-18)10-12(15-8-3)14(4,7-2)19-5/h11-12,15H,6-10H2,1-5H3. The second-order valence-electron chi connectivity index (χ2n) is 5.08. The highest BCUT2D eigenvalue weighted by molar-refractivity contribution is 4.97. The predicted molar refractivity (Wildman–Crippen MR) is 77.2 cm³/mol. The van der Waals surface area contributed by atoms with Gasteiger partial charge in [-0.15, -0.1) is 0 Å². The van der Waals surface area contributed by atoms with Crippen LogP contribution in [-0.4, -0.2) is 40.1 Å². The molecule has 0 spiro atoms. The van der Waals surface area contributed by atoms with Crippen molar-refractivity contribution in [3.05, 3.63) is 12.2 Å². The smallest absolute Gasteiger partial charge is 0.138 e. The number of ether oxygens (including phenoxy) is 1. The van der Waals surface area contributed by atoms with E-state index in [4.69, 9.17) is 4.74 Å². The van der Waals surface area contributed by atoms with Crippen molar-refractivity contribution in [1.82, 2.24) is 20.1 Å². The van der Waals surface area contributed by atoms with Crippen molar-refractivity contribution in [2.24, 2.45) is 0 Å². The molecule has 5 heteroatoms. The number of nitrogens with zero attached hydrogens (tertiary/aromatic N) is 3. The van der Waals surface area contributed by atoms with E-state index in [1.54, 1.807) is 13.4 Å². The Hall–Kier alpha value is -0.940. The molecule has 1 heterocycles. The molecule has 0 fully saturated rings. The molecule has 0 aliphatic carbocycles. The van der Waals surface area contributed by atoms with Crippen LogP contribution in [0.25, 0.3) is 0 Å². The predicted octanol–water partition coefficient (Wildman–Crippen LogP) is 2.02. The van der Waals surface area contributed by atoms with E-state index < -0.39 is 0 Å². The Bertz CT molecular complexity index is 360. The van der Waals surface area contributed by atoms with Crippen LogP contribution >= 0.6 is 0 Å². The number of aryl methyl sites for hydroxylation is 1. The Labute approximate surface area is 116 Å². The normalized spacial score (nSPS) is 16.3. The summed E-state index contributed by atoms with van der Waals surface area (Å²) in [6.45, 7) is 10.4. The molecule has 1 N–H and O–H groups in total. The fraction of sp³-hybridized carbons (Fsp3) is 0.857. The Balaban J connectivity index is 2.85. The lowest BCUT2D eigenvalue weighted by atomic mass is 9.90. The molecule has 19 heavy (non-hydrogen) atoms. The van der Waals surface area contributed by atoms with Crippen LogP contribution in [0.4, 0.5) is 0 Å². The Morgan fingerprint density at radius 1 is 1.42 bits per heavy atom. The number of hydrogen-bond donors (Lipinski definition) is 1. The van der Waals surface area contributed by atoms with Crippen LogP contribution in [0.1, 0.15) is 46.4 Å². The maximum Gasteiger partial charge on any atom is 0.138 e. The van der Waals surface area contributed by atoms with E-state index in [9.17, 15) is 0 Å². The van der Waals surface area contributed by atoms with Crippen LogP contribution in [0, 0.1) is 0 Å². The Morgan fingerprint density at radius 3 is 2.68 bits per heavy atom. The molecule has 2 atom stereocenters. The average Bonchev–Trinajstić information content (AvgIpc) is 2.85. The minimum Gasteiger partial charge on any atom is -0.377 e. The summed E-state index contributed by atoms with van der Waals surface area (Å²) in [5.41, 5.74) is -0.182. The summed E-state index contributed by atoms with van der Waals surface area (Å²) in [5, 5.41) is 7.82. The Kier molecular flexibility index (Phi) is 6.45. The number of hydrogen-bond acceptors (Lipinski definition) is 4. The lowest BCUT2D eigenvalue weighted by Crippen LogP contribution is -2.51. The quantitative estimate of drug-likeness (QED) is 0.744. The highest BCUT2D eigenvalue weighted by atomic mass is 16.5. The molecule has 1 aromatic rings. The third kappa shape index (κ3) is 4.01. The molecule has 0 amide bonds. The van der Waals surface area contributed by atoms with Crippen LogP contribution < -0.4 is 5.32 Å². The van der Waals surface area contributed by atoms with Crippen molar-refractivity contribution in [2.45, 2.75) is 65.1 Å². The van der Waals surface area contributed by atoms with Gasteiger partial charge in [0.1, 0.15) is 12.2 Å². The van der Waals surface area contributed by atoms with E-state index in [-0.39, 0.29) is 11.6 Å². The van der Waals surface area contributed by atoms with E-state index >= 15 is 0 Å². The number of methoxy groups -OCH3 is 1. The van der Waals surface area contributed by atoms with E-state index in [2.05, 4.69) is 43.1 Å². The highest BCUT2D eigenvalue weighted by Crippen LogP contribution is 2.22. The zero-order chi connectivity index (χ0) is 14.3. The zero-order valence-corrected chi connectivity index (χ0v) is 12.9.